The van der Waals surface area contributed by atoms with Gasteiger partial charge in [-0.15, -0.1) is 0 Å². The smallest absolute Gasteiger partial charge is 1.00 e. The van der Waals surface area contributed by atoms with Crippen LogP contribution in [-0.2, 0) is 32.1 Å². The van der Waals surface area contributed by atoms with Gasteiger partial charge in [0.25, 0.3) is 0 Å². The van der Waals surface area contributed by atoms with Crippen LogP contribution >= 0.6 is 0 Å². The average molecular weight is 683 g/mol. The fourth-order valence-electron chi connectivity index (χ4n) is 8.20. The van der Waals surface area contributed by atoms with E-state index in [1.54, 1.807) is 22.3 Å². The van der Waals surface area contributed by atoms with Crippen LogP contribution in [0.4, 0.5) is 0 Å². The standard InChI is InChI=1S/C21H25.C13H22.C5H5.2ClH.Zr/c1-20(2,3)16-7-9-18-14(12-16)11-15-13-17(21(4,5)6)8-10-19(15)18;1-2-7-12(6-1)10-5-11-13-8-3-4-9-13;1-2-4-5-3-1;;;/h7-13H,1-6H3;12-13H,1-4,6-11H2;1-3H,4H2;2*1H;/q;;;;;+2/p-2. The third kappa shape index (κ3) is 7.05. The van der Waals surface area contributed by atoms with Crippen molar-refractivity contribution in [2.24, 2.45) is 11.8 Å². The molecular weight excluding hydrogens is 631 g/mol. The Morgan fingerprint density at radius 3 is 1.52 bits per heavy atom. The van der Waals surface area contributed by atoms with E-state index in [1.807, 2.05) is 3.28 Å². The van der Waals surface area contributed by atoms with E-state index in [2.05, 4.69) is 99.4 Å². The minimum atomic E-state index is -2.30. The van der Waals surface area contributed by atoms with Gasteiger partial charge in [0, 0.05) is 0 Å². The van der Waals surface area contributed by atoms with Crippen LogP contribution in [0.5, 0.6) is 0 Å². The fraction of sp³-hybridized carbons (Fsp3) is 0.564. The second-order valence-electron chi connectivity index (χ2n) is 15.6. The molecule has 0 bridgehead atoms. The topological polar surface area (TPSA) is 0 Å². The normalized spacial score (nSPS) is 18.6. The van der Waals surface area contributed by atoms with Gasteiger partial charge in [0.15, 0.2) is 0 Å². The molecule has 0 atom stereocenters. The van der Waals surface area contributed by atoms with Gasteiger partial charge in [-0.1, -0.05) is 0 Å². The van der Waals surface area contributed by atoms with Crippen molar-refractivity contribution in [3.05, 3.63) is 80.2 Å². The summed E-state index contributed by atoms with van der Waals surface area (Å²) in [5.41, 5.74) is 9.81. The summed E-state index contributed by atoms with van der Waals surface area (Å²) in [7, 11) is 0. The molecule has 0 radical (unpaired) electrons. The van der Waals surface area contributed by atoms with Crippen LogP contribution in [0.1, 0.15) is 138 Å². The predicted molar refractivity (Wildman–Crippen MR) is 171 cm³/mol. The fourth-order valence-corrected chi connectivity index (χ4v) is 17.9. The molecule has 0 aromatic heterocycles. The molecule has 0 nitrogen and oxygen atoms in total. The zero-order chi connectivity index (χ0) is 28.1. The van der Waals surface area contributed by atoms with Gasteiger partial charge in [0.1, 0.15) is 0 Å². The molecule has 0 spiro atoms. The first kappa shape index (κ1) is 34.1. The molecule has 6 rings (SSSR count). The van der Waals surface area contributed by atoms with E-state index >= 15 is 0 Å². The molecule has 0 aliphatic heterocycles. The molecule has 0 unspecified atom stereocenters. The number of benzene rings is 2. The Kier molecular flexibility index (Phi) is 11.1. The molecule has 2 saturated carbocycles. The van der Waals surface area contributed by atoms with E-state index in [-0.39, 0.29) is 35.6 Å². The van der Waals surface area contributed by atoms with E-state index in [0.717, 1.165) is 11.8 Å². The molecular formula is C39H52Cl2Zr. The number of hydrogen-bond acceptors (Lipinski definition) is 0. The summed E-state index contributed by atoms with van der Waals surface area (Å²) < 4.78 is 4.60. The summed E-state index contributed by atoms with van der Waals surface area (Å²) in [6.07, 6.45) is 23.3. The van der Waals surface area contributed by atoms with Crippen LogP contribution < -0.4 is 24.8 Å². The Hall–Kier alpha value is -0.747. The maximum Gasteiger partial charge on any atom is -1.00 e. The molecule has 0 N–H and O–H groups in total. The second kappa shape index (κ2) is 13.7. The molecule has 226 valence electrons. The Labute approximate surface area is 277 Å². The van der Waals surface area contributed by atoms with Gasteiger partial charge in [-0.05, 0) is 0 Å². The van der Waals surface area contributed by atoms with Crippen molar-refractivity contribution in [1.29, 1.82) is 0 Å². The molecule has 2 fully saturated rings. The van der Waals surface area contributed by atoms with Crippen molar-refractivity contribution in [2.75, 3.05) is 0 Å². The SMILES string of the molecule is CC(C)(C)c1ccc2c(c1)[CH]([Zr+2]([C]1=CC=CC1)=[C](CC1CCCC1)CC1CCCC1)c1cc(C(C)(C)C)ccc1-2.[Cl-].[Cl-]. The van der Waals surface area contributed by atoms with Crippen molar-refractivity contribution in [3.63, 3.8) is 0 Å². The quantitative estimate of drug-likeness (QED) is 0.396. The van der Waals surface area contributed by atoms with Crippen LogP contribution in [0.2, 0.25) is 0 Å². The van der Waals surface area contributed by atoms with Gasteiger partial charge >= 0.3 is 254 Å². The largest absolute Gasteiger partial charge is 1.00 e. The molecule has 0 saturated heterocycles. The molecule has 42 heavy (non-hydrogen) atoms. The maximum absolute atomic E-state index is 2.67. The molecule has 4 aliphatic carbocycles. The van der Waals surface area contributed by atoms with Crippen LogP contribution in [-0.4, -0.2) is 3.21 Å². The maximum atomic E-state index is 2.67. The van der Waals surface area contributed by atoms with Gasteiger partial charge in [-0.3, -0.25) is 0 Å². The monoisotopic (exact) mass is 680 g/mol. The molecule has 2 aromatic rings. The Morgan fingerprint density at radius 1 is 0.690 bits per heavy atom. The third-order valence-electron chi connectivity index (χ3n) is 10.6. The molecule has 3 heteroatoms. The summed E-state index contributed by atoms with van der Waals surface area (Å²) in [6.45, 7) is 14.4. The predicted octanol–water partition coefficient (Wildman–Crippen LogP) is 5.15. The summed E-state index contributed by atoms with van der Waals surface area (Å²) in [5.74, 6) is 1.90. The van der Waals surface area contributed by atoms with Gasteiger partial charge < -0.3 is 24.8 Å². The summed E-state index contributed by atoms with van der Waals surface area (Å²) in [4.78, 5) is 0. The van der Waals surface area contributed by atoms with Crippen molar-refractivity contribution in [2.45, 2.75) is 127 Å². The van der Waals surface area contributed by atoms with Crippen molar-refractivity contribution in [1.82, 2.24) is 0 Å². The van der Waals surface area contributed by atoms with Crippen molar-refractivity contribution >= 4 is 3.21 Å². The Morgan fingerprint density at radius 2 is 1.14 bits per heavy atom. The van der Waals surface area contributed by atoms with Crippen molar-refractivity contribution in [3.8, 4) is 11.1 Å². The van der Waals surface area contributed by atoms with E-state index in [0.29, 0.717) is 3.63 Å². The summed E-state index contributed by atoms with van der Waals surface area (Å²) in [5, 5.41) is 0. The number of halogens is 2. The summed E-state index contributed by atoms with van der Waals surface area (Å²) >= 11 is -2.30. The average Bonchev–Trinajstić information content (AvgIpc) is 3.72. The Balaban J connectivity index is 0.00000202. The van der Waals surface area contributed by atoms with E-state index in [4.69, 9.17) is 0 Å². The number of allylic oxidation sites excluding steroid dienone is 4. The molecule has 2 aromatic carbocycles. The minimum absolute atomic E-state index is 0. The van der Waals surface area contributed by atoms with E-state index < -0.39 is 21.3 Å². The van der Waals surface area contributed by atoms with Gasteiger partial charge in [0.05, 0.1) is 0 Å². The van der Waals surface area contributed by atoms with Crippen LogP contribution in [0.3, 0.4) is 0 Å². The number of hydrogen-bond donors (Lipinski definition) is 0. The zero-order valence-electron chi connectivity index (χ0n) is 27.0. The molecule has 4 aliphatic rings. The van der Waals surface area contributed by atoms with Gasteiger partial charge in [0.2, 0.25) is 0 Å². The van der Waals surface area contributed by atoms with E-state index in [9.17, 15) is 0 Å². The van der Waals surface area contributed by atoms with Crippen molar-refractivity contribution < 1.29 is 46.1 Å². The van der Waals surface area contributed by atoms with Gasteiger partial charge in [-0.25, -0.2) is 0 Å². The zero-order valence-corrected chi connectivity index (χ0v) is 30.9. The molecule has 0 heterocycles. The summed E-state index contributed by atoms with van der Waals surface area (Å²) in [6, 6.07) is 15.2. The van der Waals surface area contributed by atoms with Gasteiger partial charge in [-0.2, -0.15) is 0 Å². The number of rotatable bonds is 6. The van der Waals surface area contributed by atoms with Crippen LogP contribution in [0.25, 0.3) is 11.1 Å². The second-order valence-corrected chi connectivity index (χ2v) is 22.4. The van der Waals surface area contributed by atoms with Crippen LogP contribution in [0, 0.1) is 11.8 Å². The number of fused-ring (bicyclic) bond motifs is 3. The van der Waals surface area contributed by atoms with Crippen LogP contribution in [0.15, 0.2) is 57.9 Å². The first-order chi connectivity index (χ1) is 19.1. The Bertz CT molecular complexity index is 1270. The third-order valence-corrected chi connectivity index (χ3v) is 19.0. The minimum Gasteiger partial charge on any atom is -1.00 e. The first-order valence-electron chi connectivity index (χ1n) is 16.5. The first-order valence-corrected chi connectivity index (χ1v) is 20.3. The van der Waals surface area contributed by atoms with E-state index in [1.165, 1.54) is 81.8 Å². The molecule has 0 amide bonds.